The first kappa shape index (κ1) is 36.9. The van der Waals surface area contributed by atoms with Crippen molar-refractivity contribution in [2.75, 3.05) is 0 Å². The van der Waals surface area contributed by atoms with Crippen molar-refractivity contribution < 1.29 is 0 Å². The van der Waals surface area contributed by atoms with E-state index >= 15 is 0 Å². The van der Waals surface area contributed by atoms with Crippen LogP contribution in [0.15, 0.2) is 14.4 Å². The summed E-state index contributed by atoms with van der Waals surface area (Å²) in [4.78, 5) is 42.8. The molecule has 6 heteroatoms. The van der Waals surface area contributed by atoms with E-state index in [1.807, 2.05) is 13.8 Å². The Labute approximate surface area is 269 Å². The van der Waals surface area contributed by atoms with Gasteiger partial charge in [-0.3, -0.25) is 0 Å². The highest BCUT2D eigenvalue weighted by Crippen LogP contribution is 2.51. The maximum atomic E-state index is 14.3. The number of aromatic nitrogens is 3. The summed E-state index contributed by atoms with van der Waals surface area (Å²) in [6.07, 6.45) is 10.6. The van der Waals surface area contributed by atoms with E-state index in [9.17, 15) is 14.4 Å². The lowest BCUT2D eigenvalue weighted by Crippen LogP contribution is -2.58. The van der Waals surface area contributed by atoms with Gasteiger partial charge in [0.25, 0.3) is 0 Å². The van der Waals surface area contributed by atoms with Crippen LogP contribution in [0.5, 0.6) is 0 Å². The van der Waals surface area contributed by atoms with Gasteiger partial charge in [-0.25, -0.2) is 28.1 Å². The molecule has 3 aliphatic rings. The average Bonchev–Trinajstić information content (AvgIpc) is 2.84. The summed E-state index contributed by atoms with van der Waals surface area (Å²) in [5, 5.41) is 0. The van der Waals surface area contributed by atoms with Gasteiger partial charge >= 0.3 is 17.1 Å². The van der Waals surface area contributed by atoms with Crippen molar-refractivity contribution in [1.29, 1.82) is 0 Å². The zero-order valence-corrected chi connectivity index (χ0v) is 31.1. The Morgan fingerprint density at radius 3 is 1.48 bits per heavy atom. The van der Waals surface area contributed by atoms with Crippen LogP contribution in [0, 0.1) is 50.7 Å². The van der Waals surface area contributed by atoms with Gasteiger partial charge in [0.15, 0.2) is 0 Å². The molecule has 0 aliphatic heterocycles. The minimum absolute atomic E-state index is 0.156. The van der Waals surface area contributed by atoms with Gasteiger partial charge in [0.05, 0.1) is 0 Å². The monoisotopic (exact) mass is 616 g/mol. The van der Waals surface area contributed by atoms with E-state index in [4.69, 9.17) is 0 Å². The fourth-order valence-corrected chi connectivity index (χ4v) is 11.4. The summed E-state index contributed by atoms with van der Waals surface area (Å²) in [7, 11) is 0. The molecule has 3 aliphatic carbocycles. The number of hydrogen-bond donors (Lipinski definition) is 0. The lowest BCUT2D eigenvalue weighted by Gasteiger charge is -2.47. The van der Waals surface area contributed by atoms with Crippen LogP contribution in [0.4, 0.5) is 0 Å². The van der Waals surface area contributed by atoms with Gasteiger partial charge in [0.2, 0.25) is 0 Å². The van der Waals surface area contributed by atoms with Crippen LogP contribution in [0.2, 0.25) is 0 Å². The van der Waals surface area contributed by atoms with Crippen molar-refractivity contribution in [1.82, 2.24) is 13.7 Å². The van der Waals surface area contributed by atoms with E-state index in [0.717, 1.165) is 51.4 Å². The van der Waals surface area contributed by atoms with Crippen molar-refractivity contribution in [3.63, 3.8) is 0 Å². The van der Waals surface area contributed by atoms with Crippen LogP contribution in [0.3, 0.4) is 0 Å². The Morgan fingerprint density at radius 2 is 1.00 bits per heavy atom. The third-order valence-corrected chi connectivity index (χ3v) is 11.1. The molecule has 1 heterocycles. The zero-order valence-electron chi connectivity index (χ0n) is 31.1. The summed E-state index contributed by atoms with van der Waals surface area (Å²) in [6.45, 7) is 30.4. The van der Waals surface area contributed by atoms with E-state index in [-0.39, 0.29) is 33.0 Å². The molecule has 6 nitrogen and oxygen atoms in total. The highest BCUT2D eigenvalue weighted by Gasteiger charge is 2.43. The molecule has 6 atom stereocenters. The Kier molecular flexibility index (Phi) is 11.1. The molecule has 0 aromatic carbocycles. The fraction of sp³-hybridized carbons (Fsp3) is 0.921. The van der Waals surface area contributed by atoms with E-state index in [2.05, 4.69) is 76.2 Å². The van der Waals surface area contributed by atoms with Gasteiger partial charge in [-0.2, -0.15) is 0 Å². The van der Waals surface area contributed by atoms with Gasteiger partial charge in [-0.05, 0) is 109 Å². The predicted molar refractivity (Wildman–Crippen MR) is 185 cm³/mol. The predicted octanol–water partition coefficient (Wildman–Crippen LogP) is 8.76. The van der Waals surface area contributed by atoms with Crippen LogP contribution in [-0.4, -0.2) is 13.7 Å². The minimum Gasteiger partial charge on any atom is -0.247 e. The molecule has 6 unspecified atom stereocenters. The van der Waals surface area contributed by atoms with Gasteiger partial charge in [0.1, 0.15) is 0 Å². The molecule has 0 N–H and O–H groups in total. The Hall–Kier alpha value is -1.59. The maximum Gasteiger partial charge on any atom is 0.336 e. The van der Waals surface area contributed by atoms with Crippen LogP contribution in [0.25, 0.3) is 0 Å². The lowest BCUT2D eigenvalue weighted by molar-refractivity contribution is 0.0329. The minimum atomic E-state index is -0.395. The summed E-state index contributed by atoms with van der Waals surface area (Å²) in [5.74, 6) is 1.93. The van der Waals surface area contributed by atoms with Crippen LogP contribution in [-0.2, 0) is 19.6 Å². The second-order valence-electron chi connectivity index (χ2n) is 18.9. The molecule has 0 amide bonds. The Morgan fingerprint density at radius 1 is 0.568 bits per heavy atom. The van der Waals surface area contributed by atoms with E-state index < -0.39 is 17.1 Å². The first-order valence-electron chi connectivity index (χ1n) is 18.1. The molecule has 4 rings (SSSR count). The van der Waals surface area contributed by atoms with Crippen molar-refractivity contribution in [3.05, 3.63) is 31.5 Å². The Balaban J connectivity index is 0.00000259. The van der Waals surface area contributed by atoms with E-state index in [0.29, 0.717) is 37.4 Å². The second kappa shape index (κ2) is 13.3. The summed E-state index contributed by atoms with van der Waals surface area (Å²) in [5.41, 5.74) is -1.02. The van der Waals surface area contributed by atoms with Crippen LogP contribution < -0.4 is 17.1 Å². The lowest BCUT2D eigenvalue weighted by atomic mass is 9.60. The highest BCUT2D eigenvalue weighted by atomic mass is 16.2. The molecule has 0 saturated heterocycles. The molecule has 3 saturated carbocycles. The van der Waals surface area contributed by atoms with Crippen molar-refractivity contribution in [3.8, 4) is 0 Å². The Bertz CT molecular complexity index is 1310. The quantitative estimate of drug-likeness (QED) is 0.308. The highest BCUT2D eigenvalue weighted by molar-refractivity contribution is 4.95. The van der Waals surface area contributed by atoms with Gasteiger partial charge in [-0.1, -0.05) is 96.4 Å². The van der Waals surface area contributed by atoms with E-state index in [1.54, 1.807) is 0 Å². The average molecular weight is 616 g/mol. The summed E-state index contributed by atoms with van der Waals surface area (Å²) in [6, 6.07) is 0. The van der Waals surface area contributed by atoms with Crippen LogP contribution >= 0.6 is 0 Å². The van der Waals surface area contributed by atoms with Crippen LogP contribution in [0.1, 0.15) is 154 Å². The van der Waals surface area contributed by atoms with Crippen molar-refractivity contribution in [2.24, 2.45) is 50.7 Å². The topological polar surface area (TPSA) is 66.0 Å². The standard InChI is InChI=1S/C36H63N3O3.C2H6/c1-12-27-17-34(8,9)22-36(11,19-27)24-39-30(41)37(20-28-13-25(2)14-32(4,5)18-28)29(40)38(31(39)42)23-35(10)16-26(3)15-33(6,7)21-35;1-2/h25-28H,12-24H2,1-11H3;1-2H3. The smallest absolute Gasteiger partial charge is 0.247 e. The SMILES string of the molecule is CC.CCC1CC(C)(C)CC(C)(Cn2c(=O)n(CC3CC(C)CC(C)(C)C3)c(=O)n(CC3(C)CC(C)CC(C)(C)C3)c2=O)C1. The van der Waals surface area contributed by atoms with Crippen molar-refractivity contribution in [2.45, 2.75) is 174 Å². The molecule has 1 aromatic rings. The first-order chi connectivity index (χ1) is 20.1. The molecular formula is C38H69N3O3. The molecule has 3 fully saturated rings. The third-order valence-electron chi connectivity index (χ3n) is 11.1. The molecule has 1 aromatic heterocycles. The fourth-order valence-electron chi connectivity index (χ4n) is 11.4. The second-order valence-corrected chi connectivity index (χ2v) is 18.9. The molecule has 0 radical (unpaired) electrons. The largest absolute Gasteiger partial charge is 0.336 e. The third kappa shape index (κ3) is 8.81. The van der Waals surface area contributed by atoms with Gasteiger partial charge in [-0.15, -0.1) is 0 Å². The molecular weight excluding hydrogens is 546 g/mol. The zero-order chi connectivity index (χ0) is 33.5. The summed E-state index contributed by atoms with van der Waals surface area (Å²) >= 11 is 0. The summed E-state index contributed by atoms with van der Waals surface area (Å²) < 4.78 is 4.42. The molecule has 0 spiro atoms. The van der Waals surface area contributed by atoms with E-state index in [1.165, 1.54) is 26.5 Å². The van der Waals surface area contributed by atoms with Crippen molar-refractivity contribution >= 4 is 0 Å². The number of nitrogens with zero attached hydrogens (tertiary/aromatic N) is 3. The normalized spacial score (nSPS) is 34.6. The van der Waals surface area contributed by atoms with Gasteiger partial charge < -0.3 is 0 Å². The van der Waals surface area contributed by atoms with Gasteiger partial charge in [0, 0.05) is 19.6 Å². The number of rotatable bonds is 7. The first-order valence-corrected chi connectivity index (χ1v) is 18.1. The molecule has 0 bridgehead atoms. The molecule has 44 heavy (non-hydrogen) atoms. The molecule has 254 valence electrons. The maximum absolute atomic E-state index is 14.3. The number of hydrogen-bond acceptors (Lipinski definition) is 3.